The first kappa shape index (κ1) is 18.8. The van der Waals surface area contributed by atoms with Crippen LogP contribution in [0.4, 0.5) is 0 Å². The molecule has 0 fully saturated rings. The molecule has 0 bridgehead atoms. The van der Waals surface area contributed by atoms with Gasteiger partial charge in [0.25, 0.3) is 0 Å². The minimum Gasteiger partial charge on any atom is -0.355 e. The molecule has 1 rings (SSSR count). The van der Waals surface area contributed by atoms with Gasteiger partial charge in [0, 0.05) is 13.1 Å². The number of benzene rings is 1. The van der Waals surface area contributed by atoms with Gasteiger partial charge in [-0.15, -0.1) is 0 Å². The van der Waals surface area contributed by atoms with Crippen LogP contribution in [0.25, 0.3) is 0 Å². The van der Waals surface area contributed by atoms with Gasteiger partial charge in [-0.2, -0.15) is 0 Å². The summed E-state index contributed by atoms with van der Waals surface area (Å²) in [5.41, 5.74) is 0.787. The van der Waals surface area contributed by atoms with Crippen LogP contribution in [0.1, 0.15) is 32.3 Å². The first-order valence-electron chi connectivity index (χ1n) is 7.46. The van der Waals surface area contributed by atoms with Gasteiger partial charge in [0.1, 0.15) is 0 Å². The minimum absolute atomic E-state index is 0.0908. The van der Waals surface area contributed by atoms with E-state index < -0.39 is 0 Å². The lowest BCUT2D eigenvalue weighted by molar-refractivity contribution is -0.135. The summed E-state index contributed by atoms with van der Waals surface area (Å²) in [4.78, 5) is 25.8. The second-order valence-corrected chi connectivity index (χ2v) is 5.90. The van der Waals surface area contributed by atoms with Crippen molar-refractivity contribution in [3.8, 4) is 0 Å². The van der Waals surface area contributed by atoms with Crippen LogP contribution in [0.15, 0.2) is 18.2 Å². The molecule has 0 radical (unpaired) electrons. The molecule has 122 valence electrons. The molecule has 4 nitrogen and oxygen atoms in total. The molecular formula is C16H22Cl2N2O2. The Hall–Kier alpha value is -1.26. The lowest BCUT2D eigenvalue weighted by Gasteiger charge is -2.21. The van der Waals surface area contributed by atoms with Gasteiger partial charge >= 0.3 is 0 Å². The molecule has 0 atom stereocenters. The standard InChI is InChI=1S/C16H22Cl2N2O2/c1-3-7-19-15(21)11-20(8-4-2)16(22)10-12-5-6-13(17)14(18)9-12/h5-6,9H,3-4,7-8,10-11H2,1-2H3,(H,19,21). The zero-order chi connectivity index (χ0) is 16.5. The predicted octanol–water partition coefficient (Wildman–Crippen LogP) is 3.30. The number of nitrogens with zero attached hydrogens (tertiary/aromatic N) is 1. The fourth-order valence-electron chi connectivity index (χ4n) is 1.99. The summed E-state index contributed by atoms with van der Waals surface area (Å²) in [5.74, 6) is -0.218. The maximum atomic E-state index is 12.4. The van der Waals surface area contributed by atoms with Crippen molar-refractivity contribution in [2.24, 2.45) is 0 Å². The SMILES string of the molecule is CCCNC(=O)CN(CCC)C(=O)Cc1ccc(Cl)c(Cl)c1. The quantitative estimate of drug-likeness (QED) is 0.786. The van der Waals surface area contributed by atoms with Crippen molar-refractivity contribution in [1.29, 1.82) is 0 Å². The fraction of sp³-hybridized carbons (Fsp3) is 0.500. The molecular weight excluding hydrogens is 323 g/mol. The van der Waals surface area contributed by atoms with Crippen molar-refractivity contribution < 1.29 is 9.59 Å². The highest BCUT2D eigenvalue weighted by atomic mass is 35.5. The number of rotatable bonds is 8. The van der Waals surface area contributed by atoms with Crippen LogP contribution < -0.4 is 5.32 Å². The Morgan fingerprint density at radius 1 is 1.14 bits per heavy atom. The van der Waals surface area contributed by atoms with Crippen LogP contribution in [-0.4, -0.2) is 36.3 Å². The predicted molar refractivity (Wildman–Crippen MR) is 90.3 cm³/mol. The molecule has 0 aliphatic heterocycles. The molecule has 0 saturated carbocycles. The molecule has 1 N–H and O–H groups in total. The summed E-state index contributed by atoms with van der Waals surface area (Å²) in [7, 11) is 0. The maximum Gasteiger partial charge on any atom is 0.239 e. The number of hydrogen-bond acceptors (Lipinski definition) is 2. The smallest absolute Gasteiger partial charge is 0.239 e. The molecule has 0 saturated heterocycles. The average Bonchev–Trinajstić information content (AvgIpc) is 2.48. The van der Waals surface area contributed by atoms with E-state index in [1.165, 1.54) is 0 Å². The van der Waals surface area contributed by atoms with Crippen molar-refractivity contribution in [2.45, 2.75) is 33.1 Å². The van der Waals surface area contributed by atoms with Gasteiger partial charge in [0.05, 0.1) is 23.0 Å². The average molecular weight is 345 g/mol. The maximum absolute atomic E-state index is 12.4. The normalized spacial score (nSPS) is 10.4. The van der Waals surface area contributed by atoms with Crippen molar-refractivity contribution in [3.63, 3.8) is 0 Å². The molecule has 0 heterocycles. The third-order valence-electron chi connectivity index (χ3n) is 3.09. The van der Waals surface area contributed by atoms with E-state index in [9.17, 15) is 9.59 Å². The molecule has 22 heavy (non-hydrogen) atoms. The Morgan fingerprint density at radius 3 is 2.45 bits per heavy atom. The first-order valence-corrected chi connectivity index (χ1v) is 8.21. The highest BCUT2D eigenvalue weighted by Gasteiger charge is 2.17. The molecule has 0 aromatic heterocycles. The van der Waals surface area contributed by atoms with Crippen LogP contribution in [0.5, 0.6) is 0 Å². The van der Waals surface area contributed by atoms with E-state index in [0.29, 0.717) is 23.1 Å². The van der Waals surface area contributed by atoms with E-state index in [0.717, 1.165) is 18.4 Å². The Labute approximate surface area is 141 Å². The largest absolute Gasteiger partial charge is 0.355 e. The third kappa shape index (κ3) is 6.24. The van der Waals surface area contributed by atoms with Gasteiger partial charge < -0.3 is 10.2 Å². The van der Waals surface area contributed by atoms with Crippen molar-refractivity contribution in [2.75, 3.05) is 19.6 Å². The van der Waals surface area contributed by atoms with Gasteiger partial charge in [-0.3, -0.25) is 9.59 Å². The number of hydrogen-bond donors (Lipinski definition) is 1. The molecule has 0 unspecified atom stereocenters. The van der Waals surface area contributed by atoms with E-state index in [2.05, 4.69) is 5.32 Å². The van der Waals surface area contributed by atoms with Gasteiger partial charge in [-0.1, -0.05) is 43.1 Å². The highest BCUT2D eigenvalue weighted by Crippen LogP contribution is 2.23. The summed E-state index contributed by atoms with van der Waals surface area (Å²) in [5, 5.41) is 3.67. The van der Waals surface area contributed by atoms with Crippen molar-refractivity contribution in [3.05, 3.63) is 33.8 Å². The molecule has 1 aromatic rings. The van der Waals surface area contributed by atoms with E-state index >= 15 is 0 Å². The zero-order valence-electron chi connectivity index (χ0n) is 13.0. The summed E-state index contributed by atoms with van der Waals surface area (Å²) in [6, 6.07) is 5.13. The first-order chi connectivity index (χ1) is 10.5. The van der Waals surface area contributed by atoms with E-state index in [1.807, 2.05) is 13.8 Å². The van der Waals surface area contributed by atoms with Gasteiger partial charge in [0.15, 0.2) is 0 Å². The van der Waals surface area contributed by atoms with Crippen LogP contribution in [-0.2, 0) is 16.0 Å². The number of nitrogens with one attached hydrogen (secondary N) is 1. The molecule has 0 aliphatic carbocycles. The van der Waals surface area contributed by atoms with Crippen LogP contribution in [0, 0.1) is 0 Å². The minimum atomic E-state index is -0.127. The Bertz CT molecular complexity index is 521. The van der Waals surface area contributed by atoms with Gasteiger partial charge in [-0.05, 0) is 30.5 Å². The second kappa shape index (κ2) is 9.70. The van der Waals surface area contributed by atoms with Crippen LogP contribution in [0.2, 0.25) is 10.0 Å². The highest BCUT2D eigenvalue weighted by molar-refractivity contribution is 6.42. The number of amides is 2. The molecule has 0 aliphatic rings. The Morgan fingerprint density at radius 2 is 1.86 bits per heavy atom. The second-order valence-electron chi connectivity index (χ2n) is 5.09. The van der Waals surface area contributed by atoms with Crippen molar-refractivity contribution in [1.82, 2.24) is 10.2 Å². The van der Waals surface area contributed by atoms with Gasteiger partial charge in [0.2, 0.25) is 11.8 Å². The summed E-state index contributed by atoms with van der Waals surface area (Å²) in [6.45, 7) is 5.23. The van der Waals surface area contributed by atoms with E-state index in [1.54, 1.807) is 23.1 Å². The third-order valence-corrected chi connectivity index (χ3v) is 3.83. The Balaban J connectivity index is 2.67. The number of halogens is 2. The summed E-state index contributed by atoms with van der Waals surface area (Å²) < 4.78 is 0. The molecule has 2 amide bonds. The number of carbonyl (C=O) groups is 2. The van der Waals surface area contributed by atoms with Gasteiger partial charge in [-0.25, -0.2) is 0 Å². The van der Waals surface area contributed by atoms with Crippen molar-refractivity contribution >= 4 is 35.0 Å². The zero-order valence-corrected chi connectivity index (χ0v) is 14.5. The van der Waals surface area contributed by atoms with E-state index in [4.69, 9.17) is 23.2 Å². The lowest BCUT2D eigenvalue weighted by Crippen LogP contribution is -2.42. The molecule has 0 spiro atoms. The summed E-state index contributed by atoms with van der Waals surface area (Å²) >= 11 is 11.8. The number of carbonyl (C=O) groups excluding carboxylic acids is 2. The van der Waals surface area contributed by atoms with Crippen LogP contribution in [0.3, 0.4) is 0 Å². The molecule has 1 aromatic carbocycles. The van der Waals surface area contributed by atoms with E-state index in [-0.39, 0.29) is 24.8 Å². The monoisotopic (exact) mass is 344 g/mol. The fourth-order valence-corrected chi connectivity index (χ4v) is 2.31. The Kier molecular flexibility index (Phi) is 8.28. The lowest BCUT2D eigenvalue weighted by atomic mass is 10.1. The topological polar surface area (TPSA) is 49.4 Å². The molecule has 6 heteroatoms. The summed E-state index contributed by atoms with van der Waals surface area (Å²) in [6.07, 6.45) is 1.88. The van der Waals surface area contributed by atoms with Crippen LogP contribution >= 0.6 is 23.2 Å².